The van der Waals surface area contributed by atoms with Gasteiger partial charge in [-0.1, -0.05) is 20.8 Å². The lowest BCUT2D eigenvalue weighted by Gasteiger charge is -2.43. The minimum Gasteiger partial charge on any atom is -0.378 e. The lowest BCUT2D eigenvalue weighted by atomic mass is 9.86. The first-order valence-electron chi connectivity index (χ1n) is 8.13. The Labute approximate surface area is 123 Å². The van der Waals surface area contributed by atoms with Crippen LogP contribution in [0.2, 0.25) is 0 Å². The molecule has 2 rings (SSSR count). The summed E-state index contributed by atoms with van der Waals surface area (Å²) in [5, 5.41) is 3.58. The van der Waals surface area contributed by atoms with Gasteiger partial charge >= 0.3 is 0 Å². The third kappa shape index (κ3) is 2.86. The highest BCUT2D eigenvalue weighted by Gasteiger charge is 2.51. The molecular formula is C16H30N2O2. The number of amides is 1. The molecule has 4 heteroatoms. The van der Waals surface area contributed by atoms with Gasteiger partial charge in [-0.15, -0.1) is 0 Å². The highest BCUT2D eigenvalue weighted by atomic mass is 16.5. The van der Waals surface area contributed by atoms with E-state index < -0.39 is 0 Å². The van der Waals surface area contributed by atoms with E-state index in [0.29, 0.717) is 18.1 Å². The minimum absolute atomic E-state index is 0.194. The fourth-order valence-corrected chi connectivity index (χ4v) is 3.35. The van der Waals surface area contributed by atoms with Crippen LogP contribution in [0.3, 0.4) is 0 Å². The molecule has 0 radical (unpaired) electrons. The van der Waals surface area contributed by atoms with Crippen molar-refractivity contribution in [1.82, 2.24) is 10.2 Å². The average molecular weight is 282 g/mol. The maximum absolute atomic E-state index is 12.8. The fraction of sp³-hybridized carbons (Fsp3) is 0.938. The molecule has 1 aliphatic carbocycles. The van der Waals surface area contributed by atoms with Crippen LogP contribution < -0.4 is 5.32 Å². The van der Waals surface area contributed by atoms with Crippen LogP contribution in [-0.2, 0) is 9.53 Å². The highest BCUT2D eigenvalue weighted by molar-refractivity contribution is 5.88. The van der Waals surface area contributed by atoms with Crippen LogP contribution in [-0.4, -0.2) is 41.3 Å². The summed E-state index contributed by atoms with van der Waals surface area (Å²) < 4.78 is 5.64. The zero-order valence-corrected chi connectivity index (χ0v) is 13.6. The first-order valence-corrected chi connectivity index (χ1v) is 8.13. The van der Waals surface area contributed by atoms with Crippen molar-refractivity contribution in [3.8, 4) is 0 Å². The Morgan fingerprint density at radius 2 is 2.05 bits per heavy atom. The van der Waals surface area contributed by atoms with Gasteiger partial charge in [-0.3, -0.25) is 10.1 Å². The number of carbonyl (C=O) groups excluding carboxylic acids is 1. The van der Waals surface area contributed by atoms with Crippen molar-refractivity contribution in [2.24, 2.45) is 5.92 Å². The molecule has 0 spiro atoms. The second kappa shape index (κ2) is 6.02. The van der Waals surface area contributed by atoms with Gasteiger partial charge in [0.15, 0.2) is 0 Å². The van der Waals surface area contributed by atoms with Gasteiger partial charge in [0, 0.05) is 12.6 Å². The van der Waals surface area contributed by atoms with E-state index in [1.54, 1.807) is 0 Å². The molecule has 2 unspecified atom stereocenters. The SMILES string of the molecule is CCOC1CC(N2C(=O)C(C)(CC)NC2CC(C)C)C1. The third-order valence-electron chi connectivity index (χ3n) is 4.79. The predicted molar refractivity (Wildman–Crippen MR) is 80.4 cm³/mol. The molecule has 1 aliphatic heterocycles. The Morgan fingerprint density at radius 1 is 1.40 bits per heavy atom. The van der Waals surface area contributed by atoms with E-state index >= 15 is 0 Å². The molecule has 0 aromatic heterocycles. The Balaban J connectivity index is 2.05. The predicted octanol–water partition coefficient (Wildman–Crippen LogP) is 2.53. The van der Waals surface area contributed by atoms with Gasteiger partial charge in [-0.25, -0.2) is 0 Å². The summed E-state index contributed by atoms with van der Waals surface area (Å²) in [5.74, 6) is 0.871. The Morgan fingerprint density at radius 3 is 2.55 bits per heavy atom. The molecule has 0 aromatic rings. The number of hydrogen-bond acceptors (Lipinski definition) is 3. The summed E-state index contributed by atoms with van der Waals surface area (Å²) in [6.45, 7) is 11.4. The van der Waals surface area contributed by atoms with Crippen LogP contribution in [0.5, 0.6) is 0 Å². The molecule has 4 nitrogen and oxygen atoms in total. The Hall–Kier alpha value is -0.610. The van der Waals surface area contributed by atoms with Crippen LogP contribution >= 0.6 is 0 Å². The lowest BCUT2D eigenvalue weighted by Crippen LogP contribution is -2.53. The summed E-state index contributed by atoms with van der Waals surface area (Å²) in [7, 11) is 0. The van der Waals surface area contributed by atoms with E-state index in [4.69, 9.17) is 4.74 Å². The zero-order chi connectivity index (χ0) is 14.9. The third-order valence-corrected chi connectivity index (χ3v) is 4.79. The molecule has 2 aliphatic rings. The highest BCUT2D eigenvalue weighted by Crippen LogP contribution is 2.36. The fourth-order valence-electron chi connectivity index (χ4n) is 3.35. The largest absolute Gasteiger partial charge is 0.378 e. The molecule has 1 saturated heterocycles. The molecule has 1 saturated carbocycles. The molecule has 0 aromatic carbocycles. The second-order valence-electron chi connectivity index (χ2n) is 6.89. The van der Waals surface area contributed by atoms with E-state index in [-0.39, 0.29) is 17.6 Å². The molecule has 1 amide bonds. The number of nitrogens with one attached hydrogen (secondary N) is 1. The zero-order valence-electron chi connectivity index (χ0n) is 13.6. The number of hydrogen-bond donors (Lipinski definition) is 1. The molecule has 116 valence electrons. The van der Waals surface area contributed by atoms with Gasteiger partial charge in [0.1, 0.15) is 0 Å². The normalized spacial score (nSPS) is 37.6. The van der Waals surface area contributed by atoms with E-state index in [1.165, 1.54) is 0 Å². The van der Waals surface area contributed by atoms with Crippen LogP contribution in [0.25, 0.3) is 0 Å². The van der Waals surface area contributed by atoms with Gasteiger partial charge < -0.3 is 9.64 Å². The number of rotatable bonds is 6. The van der Waals surface area contributed by atoms with Crippen molar-refractivity contribution in [2.45, 2.75) is 84.2 Å². The van der Waals surface area contributed by atoms with Gasteiger partial charge in [-0.2, -0.15) is 0 Å². The van der Waals surface area contributed by atoms with Gasteiger partial charge in [0.05, 0.1) is 17.8 Å². The molecule has 20 heavy (non-hydrogen) atoms. The van der Waals surface area contributed by atoms with E-state index in [0.717, 1.165) is 32.3 Å². The van der Waals surface area contributed by atoms with Crippen LogP contribution in [0.4, 0.5) is 0 Å². The summed E-state index contributed by atoms with van der Waals surface area (Å²) in [5.41, 5.74) is -0.379. The number of ether oxygens (including phenoxy) is 1. The van der Waals surface area contributed by atoms with Gasteiger partial charge in [-0.05, 0) is 45.4 Å². The molecule has 0 bridgehead atoms. The van der Waals surface area contributed by atoms with Gasteiger partial charge in [0.2, 0.25) is 5.91 Å². The number of nitrogens with zero attached hydrogens (tertiary/aromatic N) is 1. The van der Waals surface area contributed by atoms with Crippen molar-refractivity contribution in [3.05, 3.63) is 0 Å². The van der Waals surface area contributed by atoms with Crippen molar-refractivity contribution < 1.29 is 9.53 Å². The van der Waals surface area contributed by atoms with Crippen molar-refractivity contribution in [1.29, 1.82) is 0 Å². The molecule has 1 heterocycles. The average Bonchev–Trinajstić information content (AvgIpc) is 2.56. The summed E-state index contributed by atoms with van der Waals surface area (Å²) in [6.07, 6.45) is 4.41. The monoisotopic (exact) mass is 282 g/mol. The Kier molecular flexibility index (Phi) is 4.75. The van der Waals surface area contributed by atoms with Crippen LogP contribution in [0, 0.1) is 5.92 Å². The first-order chi connectivity index (χ1) is 9.41. The van der Waals surface area contributed by atoms with Gasteiger partial charge in [0.25, 0.3) is 0 Å². The maximum Gasteiger partial charge on any atom is 0.244 e. The van der Waals surface area contributed by atoms with E-state index in [2.05, 4.69) is 31.0 Å². The topological polar surface area (TPSA) is 41.6 Å². The summed E-state index contributed by atoms with van der Waals surface area (Å²) >= 11 is 0. The first kappa shape index (κ1) is 15.8. The van der Waals surface area contributed by atoms with E-state index in [9.17, 15) is 4.79 Å². The molecular weight excluding hydrogens is 252 g/mol. The van der Waals surface area contributed by atoms with Crippen molar-refractivity contribution >= 4 is 5.91 Å². The van der Waals surface area contributed by atoms with E-state index in [1.807, 2.05) is 13.8 Å². The van der Waals surface area contributed by atoms with Crippen molar-refractivity contribution in [3.63, 3.8) is 0 Å². The quantitative estimate of drug-likeness (QED) is 0.814. The molecule has 2 fully saturated rings. The second-order valence-corrected chi connectivity index (χ2v) is 6.89. The molecule has 1 N–H and O–H groups in total. The smallest absolute Gasteiger partial charge is 0.244 e. The van der Waals surface area contributed by atoms with Crippen LogP contribution in [0.15, 0.2) is 0 Å². The Bertz CT molecular complexity index is 352. The lowest BCUT2D eigenvalue weighted by molar-refractivity contribution is -0.141. The number of carbonyl (C=O) groups is 1. The minimum atomic E-state index is -0.379. The van der Waals surface area contributed by atoms with Crippen molar-refractivity contribution in [2.75, 3.05) is 6.61 Å². The maximum atomic E-state index is 12.8. The molecule has 2 atom stereocenters. The standard InChI is InChI=1S/C16H30N2O2/c1-6-16(5)15(19)18(14(17-16)8-11(3)4)12-9-13(10-12)20-7-2/h11-14,17H,6-10H2,1-5H3. The van der Waals surface area contributed by atoms with Crippen LogP contribution in [0.1, 0.15) is 60.3 Å². The summed E-state index contributed by atoms with van der Waals surface area (Å²) in [6, 6.07) is 0.365. The summed E-state index contributed by atoms with van der Waals surface area (Å²) in [4.78, 5) is 14.9.